The summed E-state index contributed by atoms with van der Waals surface area (Å²) in [4.78, 5) is 25.7. The summed E-state index contributed by atoms with van der Waals surface area (Å²) in [5.74, 6) is -0.0942. The second-order valence-corrected chi connectivity index (χ2v) is 7.87. The van der Waals surface area contributed by atoms with E-state index in [9.17, 15) is 9.59 Å². The zero-order chi connectivity index (χ0) is 17.0. The van der Waals surface area contributed by atoms with Crippen molar-refractivity contribution in [2.24, 2.45) is 5.92 Å². The van der Waals surface area contributed by atoms with Gasteiger partial charge in [0.15, 0.2) is 0 Å². The topological polar surface area (TPSA) is 46.6 Å². The largest absolute Gasteiger partial charge is 0.444 e. The van der Waals surface area contributed by atoms with E-state index in [1.165, 1.54) is 0 Å². The zero-order valence-electron chi connectivity index (χ0n) is 13.9. The lowest BCUT2D eigenvalue weighted by molar-refractivity contribution is -0.110. The van der Waals surface area contributed by atoms with Gasteiger partial charge in [-0.1, -0.05) is 34.1 Å². The molecule has 0 bridgehead atoms. The molecular formula is C18H24BrNO3. The third-order valence-corrected chi connectivity index (χ3v) is 4.75. The van der Waals surface area contributed by atoms with Crippen molar-refractivity contribution >= 4 is 28.3 Å². The van der Waals surface area contributed by atoms with Crippen molar-refractivity contribution in [1.82, 2.24) is 4.90 Å². The monoisotopic (exact) mass is 381 g/mol. The number of amides is 1. The van der Waals surface area contributed by atoms with E-state index in [2.05, 4.69) is 15.9 Å². The first-order chi connectivity index (χ1) is 10.8. The lowest BCUT2D eigenvalue weighted by atomic mass is 9.82. The van der Waals surface area contributed by atoms with Gasteiger partial charge in [0.1, 0.15) is 11.9 Å². The number of hydrogen-bond donors (Lipinski definition) is 0. The van der Waals surface area contributed by atoms with E-state index in [4.69, 9.17) is 4.74 Å². The molecule has 2 rings (SSSR count). The molecule has 2 atom stereocenters. The fraction of sp³-hybridized carbons (Fsp3) is 0.556. The van der Waals surface area contributed by atoms with Crippen molar-refractivity contribution < 1.29 is 14.3 Å². The van der Waals surface area contributed by atoms with E-state index >= 15 is 0 Å². The number of aldehydes is 1. The lowest BCUT2D eigenvalue weighted by Crippen LogP contribution is -2.44. The molecule has 1 fully saturated rings. The van der Waals surface area contributed by atoms with Gasteiger partial charge in [-0.15, -0.1) is 0 Å². The molecule has 1 aliphatic heterocycles. The van der Waals surface area contributed by atoms with Crippen molar-refractivity contribution in [3.8, 4) is 0 Å². The summed E-state index contributed by atoms with van der Waals surface area (Å²) in [7, 11) is 0. The number of carbonyl (C=O) groups excluding carboxylic acids is 2. The van der Waals surface area contributed by atoms with Crippen LogP contribution < -0.4 is 0 Å². The van der Waals surface area contributed by atoms with Gasteiger partial charge in [0.25, 0.3) is 0 Å². The molecule has 1 aliphatic rings. The third-order valence-electron chi connectivity index (χ3n) is 4.03. The molecule has 0 aliphatic carbocycles. The van der Waals surface area contributed by atoms with Crippen LogP contribution in [0.4, 0.5) is 4.79 Å². The van der Waals surface area contributed by atoms with Gasteiger partial charge in [-0.25, -0.2) is 4.79 Å². The summed E-state index contributed by atoms with van der Waals surface area (Å²) in [5, 5.41) is 0. The van der Waals surface area contributed by atoms with Gasteiger partial charge in [-0.3, -0.25) is 0 Å². The molecule has 4 nitrogen and oxygen atoms in total. The summed E-state index contributed by atoms with van der Waals surface area (Å²) >= 11 is 3.52. The van der Waals surface area contributed by atoms with Gasteiger partial charge in [-0.2, -0.15) is 0 Å². The van der Waals surface area contributed by atoms with Crippen LogP contribution in [0, 0.1) is 5.92 Å². The van der Waals surface area contributed by atoms with Gasteiger partial charge in [0.2, 0.25) is 0 Å². The Hall–Kier alpha value is -1.36. The number of likely N-dealkylation sites (tertiary alicyclic amines) is 1. The Labute approximate surface area is 146 Å². The Kier molecular flexibility index (Phi) is 5.84. The Morgan fingerprint density at radius 2 is 2.09 bits per heavy atom. The molecule has 0 N–H and O–H groups in total. The number of ether oxygens (including phenoxy) is 1. The van der Waals surface area contributed by atoms with Gasteiger partial charge in [0.05, 0.1) is 0 Å². The fourth-order valence-corrected chi connectivity index (χ4v) is 3.53. The van der Waals surface area contributed by atoms with Crippen molar-refractivity contribution in [2.45, 2.75) is 45.1 Å². The van der Waals surface area contributed by atoms with Gasteiger partial charge in [0, 0.05) is 23.5 Å². The van der Waals surface area contributed by atoms with Crippen molar-refractivity contribution in [2.75, 3.05) is 13.1 Å². The Morgan fingerprint density at radius 1 is 1.39 bits per heavy atom. The van der Waals surface area contributed by atoms with Crippen LogP contribution in [0.15, 0.2) is 28.7 Å². The highest BCUT2D eigenvalue weighted by atomic mass is 79.9. The van der Waals surface area contributed by atoms with Crippen LogP contribution in [0.3, 0.4) is 0 Å². The zero-order valence-corrected chi connectivity index (χ0v) is 15.5. The van der Waals surface area contributed by atoms with Crippen LogP contribution in [-0.2, 0) is 9.53 Å². The molecule has 0 aromatic heterocycles. The molecule has 1 amide bonds. The predicted molar refractivity (Wildman–Crippen MR) is 93.5 cm³/mol. The molecule has 1 saturated heterocycles. The molecule has 0 saturated carbocycles. The second kappa shape index (κ2) is 7.47. The molecule has 126 valence electrons. The third kappa shape index (κ3) is 4.80. The van der Waals surface area contributed by atoms with E-state index in [1.807, 2.05) is 45.0 Å². The Bertz CT molecular complexity index is 568. The van der Waals surface area contributed by atoms with Gasteiger partial charge < -0.3 is 14.4 Å². The number of halogens is 1. The van der Waals surface area contributed by atoms with E-state index in [-0.39, 0.29) is 17.9 Å². The average Bonchev–Trinajstić information content (AvgIpc) is 2.48. The number of benzene rings is 1. The first-order valence-corrected chi connectivity index (χ1v) is 8.79. The molecule has 1 heterocycles. The summed E-state index contributed by atoms with van der Waals surface area (Å²) in [6.07, 6.45) is 2.53. The van der Waals surface area contributed by atoms with Crippen LogP contribution in [0.1, 0.15) is 45.1 Å². The van der Waals surface area contributed by atoms with Crippen LogP contribution in [0.2, 0.25) is 0 Å². The van der Waals surface area contributed by atoms with Crippen molar-refractivity contribution in [3.63, 3.8) is 0 Å². The maximum atomic E-state index is 12.3. The Morgan fingerprint density at radius 3 is 2.70 bits per heavy atom. The highest BCUT2D eigenvalue weighted by molar-refractivity contribution is 9.10. The summed E-state index contributed by atoms with van der Waals surface area (Å²) in [6.45, 7) is 6.83. The van der Waals surface area contributed by atoms with Crippen LogP contribution >= 0.6 is 15.9 Å². The maximum Gasteiger partial charge on any atom is 0.410 e. The molecule has 5 heteroatoms. The van der Waals surface area contributed by atoms with Gasteiger partial charge in [-0.05, 0) is 51.2 Å². The van der Waals surface area contributed by atoms with Crippen LogP contribution in [-0.4, -0.2) is 36.0 Å². The van der Waals surface area contributed by atoms with E-state index in [0.717, 1.165) is 29.2 Å². The lowest BCUT2D eigenvalue weighted by Gasteiger charge is -2.36. The molecule has 1 aromatic rings. The summed E-state index contributed by atoms with van der Waals surface area (Å²) < 4.78 is 6.39. The molecule has 0 spiro atoms. The summed E-state index contributed by atoms with van der Waals surface area (Å²) in [6, 6.07) is 7.78. The normalized spacial score (nSPS) is 20.0. The van der Waals surface area contributed by atoms with Crippen LogP contribution in [0.5, 0.6) is 0 Å². The molecular weight excluding hydrogens is 358 g/mol. The SMILES string of the molecule is CC(C)(C)OC(=O)N1CCCC(C(C=O)c2ccccc2Br)C1. The number of piperidine rings is 1. The minimum atomic E-state index is -0.503. The van der Waals surface area contributed by atoms with Crippen molar-refractivity contribution in [3.05, 3.63) is 34.3 Å². The van der Waals surface area contributed by atoms with Crippen molar-refractivity contribution in [1.29, 1.82) is 0 Å². The molecule has 0 radical (unpaired) electrons. The number of hydrogen-bond acceptors (Lipinski definition) is 3. The second-order valence-electron chi connectivity index (χ2n) is 7.01. The first-order valence-electron chi connectivity index (χ1n) is 7.99. The number of rotatable bonds is 3. The average molecular weight is 382 g/mol. The highest BCUT2D eigenvalue weighted by Crippen LogP contribution is 2.34. The number of carbonyl (C=O) groups is 2. The maximum absolute atomic E-state index is 12.3. The standard InChI is InChI=1S/C18H24BrNO3/c1-18(2,3)23-17(22)20-10-6-7-13(11-20)15(12-21)14-8-4-5-9-16(14)19/h4-5,8-9,12-13,15H,6-7,10-11H2,1-3H3. The highest BCUT2D eigenvalue weighted by Gasteiger charge is 2.32. The van der Waals surface area contributed by atoms with E-state index < -0.39 is 5.60 Å². The molecule has 2 unspecified atom stereocenters. The van der Waals surface area contributed by atoms with Crippen LogP contribution in [0.25, 0.3) is 0 Å². The minimum Gasteiger partial charge on any atom is -0.444 e. The Balaban J connectivity index is 2.12. The van der Waals surface area contributed by atoms with E-state index in [0.29, 0.717) is 13.1 Å². The fourth-order valence-electron chi connectivity index (χ4n) is 2.98. The van der Waals surface area contributed by atoms with Gasteiger partial charge >= 0.3 is 6.09 Å². The minimum absolute atomic E-state index is 0.118. The smallest absolute Gasteiger partial charge is 0.410 e. The summed E-state index contributed by atoms with van der Waals surface area (Å²) in [5.41, 5.74) is 0.481. The predicted octanol–water partition coefficient (Wildman–Crippen LogP) is 4.38. The molecule has 23 heavy (non-hydrogen) atoms. The van der Waals surface area contributed by atoms with E-state index in [1.54, 1.807) is 4.90 Å². The quantitative estimate of drug-likeness (QED) is 0.729. The molecule has 1 aromatic carbocycles. The number of nitrogens with zero attached hydrogens (tertiary/aromatic N) is 1. The first kappa shape index (κ1) is 18.0.